The van der Waals surface area contributed by atoms with Crippen molar-refractivity contribution in [2.45, 2.75) is 0 Å². The Labute approximate surface area is 59.9 Å². The predicted octanol–water partition coefficient (Wildman–Crippen LogP) is -0.865. The van der Waals surface area contributed by atoms with Crippen LogP contribution in [0.3, 0.4) is 0 Å². The topological polar surface area (TPSA) is 43.4 Å². The molecular weight excluding hydrogens is 161 g/mol. The average Bonchev–Trinajstić information content (AvgIpc) is 1.41. The number of rotatable bonds is 2. The molecule has 0 unspecified atom stereocenters. The summed E-state index contributed by atoms with van der Waals surface area (Å²) in [5, 5.41) is 0. The molecule has 4 heteroatoms. The van der Waals surface area contributed by atoms with Gasteiger partial charge in [-0.25, -0.2) is 0 Å². The van der Waals surface area contributed by atoms with Gasteiger partial charge in [0.2, 0.25) is 0 Å². The largest absolute Gasteiger partial charge is 0.783 e. The molecule has 0 spiro atoms. The molecule has 0 heterocycles. The maximum atomic E-state index is 8.80. The fourth-order valence-corrected chi connectivity index (χ4v) is 0.0170. The molecule has 0 saturated carbocycles. The van der Waals surface area contributed by atoms with Crippen LogP contribution in [-0.4, -0.2) is 12.9 Å². The van der Waals surface area contributed by atoms with Crippen molar-refractivity contribution in [3.05, 3.63) is 0 Å². The minimum absolute atomic E-state index is 0. The zero-order valence-corrected chi connectivity index (χ0v) is 5.64. The van der Waals surface area contributed by atoms with Crippen LogP contribution in [0.1, 0.15) is 0 Å². The first kappa shape index (κ1) is 9.53. The second kappa shape index (κ2) is 8.98. The van der Waals surface area contributed by atoms with Gasteiger partial charge in [0.15, 0.2) is 0 Å². The maximum absolute atomic E-state index is 8.80. The molecule has 0 N–H and O–H groups in total. The Balaban J connectivity index is 0. The van der Waals surface area contributed by atoms with Crippen LogP contribution in [0.15, 0.2) is 0 Å². The first-order valence-electron chi connectivity index (χ1n) is 0.816. The minimum atomic E-state index is 0. The van der Waals surface area contributed by atoms with Crippen molar-refractivity contribution >= 4 is 12.9 Å². The third-order valence-corrected chi connectivity index (χ3v) is 0.0833. The molecule has 3 nitrogen and oxygen atoms in total. The van der Waals surface area contributed by atoms with Crippen LogP contribution in [0.4, 0.5) is 0 Å². The van der Waals surface area contributed by atoms with Crippen LogP contribution in [0.5, 0.6) is 0 Å². The number of hydrogen-bond donors (Lipinski definition) is 0. The zero-order valence-electron chi connectivity index (χ0n) is 2.80. The molecule has 0 aromatic carbocycles. The van der Waals surface area contributed by atoms with Crippen molar-refractivity contribution in [2.24, 2.45) is 0 Å². The Kier molecular flexibility index (Phi) is 14.3. The second-order valence-corrected chi connectivity index (χ2v) is 0.269. The summed E-state index contributed by atoms with van der Waals surface area (Å²) in [4.78, 5) is 17.6. The summed E-state index contributed by atoms with van der Waals surface area (Å²) in [5.74, 6) is 0. The molecule has 0 fully saturated rings. The van der Waals surface area contributed by atoms with E-state index in [2.05, 4.69) is 4.74 Å². The molecule has 0 atom stereocenters. The van der Waals surface area contributed by atoms with Gasteiger partial charge in [-0.3, -0.25) is 0 Å². The third-order valence-electron chi connectivity index (χ3n) is 0.0833. The van der Waals surface area contributed by atoms with Crippen molar-refractivity contribution < 1.29 is 47.0 Å². The van der Waals surface area contributed by atoms with Gasteiger partial charge in [0.1, 0.15) is 0 Å². The van der Waals surface area contributed by atoms with Crippen molar-refractivity contribution in [1.82, 2.24) is 0 Å². The van der Waals surface area contributed by atoms with E-state index in [0.717, 1.165) is 12.9 Å². The summed E-state index contributed by atoms with van der Waals surface area (Å²) in [6.07, 6.45) is 0. The van der Waals surface area contributed by atoms with E-state index in [1.807, 2.05) is 0 Å². The van der Waals surface area contributed by atoms with Gasteiger partial charge in [-0.05, 0) is 0 Å². The van der Waals surface area contributed by atoms with Crippen molar-refractivity contribution in [3.8, 4) is 0 Å². The normalized spacial score (nSPS) is 4.67. The van der Waals surface area contributed by atoms with Crippen LogP contribution in [0.2, 0.25) is 0 Å². The van der Waals surface area contributed by atoms with Crippen LogP contribution in [-0.2, 0) is 47.0 Å². The number of hydrogen-bond acceptors (Lipinski definition) is 3. The fourth-order valence-electron chi connectivity index (χ4n) is 0.0170. The van der Waals surface area contributed by atoms with Gasteiger partial charge >= 0.3 is 0 Å². The SMILES string of the molecule is O=[C-]O[C-]=O.[Y]. The Hall–Kier alpha value is 0.244. The van der Waals surface area contributed by atoms with Gasteiger partial charge < -0.3 is 14.3 Å². The Morgan fingerprint density at radius 1 is 1.17 bits per heavy atom. The van der Waals surface area contributed by atoms with E-state index in [1.54, 1.807) is 0 Å². The van der Waals surface area contributed by atoms with Crippen LogP contribution >= 0.6 is 0 Å². The van der Waals surface area contributed by atoms with Crippen molar-refractivity contribution in [1.29, 1.82) is 0 Å². The van der Waals surface area contributed by atoms with Crippen LogP contribution < -0.4 is 0 Å². The first-order chi connectivity index (χ1) is 2.41. The molecular formula is C2O3Y-2. The molecule has 1 radical (unpaired) electrons. The van der Waals surface area contributed by atoms with Gasteiger partial charge in [-0.2, -0.15) is 0 Å². The molecule has 0 amide bonds. The van der Waals surface area contributed by atoms with Gasteiger partial charge in [-0.1, -0.05) is 0 Å². The van der Waals surface area contributed by atoms with E-state index in [9.17, 15) is 0 Å². The number of ether oxygens (including phenoxy) is 1. The Bertz CT molecular complexity index is 38.1. The van der Waals surface area contributed by atoms with Crippen molar-refractivity contribution in [3.63, 3.8) is 0 Å². The first-order valence-corrected chi connectivity index (χ1v) is 0.816. The molecule has 0 aromatic rings. The molecule has 0 aliphatic rings. The molecule has 0 rings (SSSR count). The second-order valence-electron chi connectivity index (χ2n) is 0.269. The van der Waals surface area contributed by atoms with Gasteiger partial charge in [-0.15, -0.1) is 12.9 Å². The van der Waals surface area contributed by atoms with Crippen molar-refractivity contribution in [2.75, 3.05) is 0 Å². The smallest absolute Gasteiger partial charge is 0 e. The standard InChI is InChI=1S/C2O3.Y/c3-1-5-2-4;/q-2;. The summed E-state index contributed by atoms with van der Waals surface area (Å²) in [6, 6.07) is 0. The molecule has 0 bridgehead atoms. The van der Waals surface area contributed by atoms with Crippen LogP contribution in [0.25, 0.3) is 0 Å². The fraction of sp³-hybridized carbons (Fsp3) is 0. The summed E-state index contributed by atoms with van der Waals surface area (Å²) in [5.41, 5.74) is 0. The molecule has 6 heavy (non-hydrogen) atoms. The zero-order chi connectivity index (χ0) is 4.12. The van der Waals surface area contributed by atoms with E-state index in [-0.39, 0.29) is 32.7 Å². The average molecular weight is 161 g/mol. The monoisotopic (exact) mass is 161 g/mol. The van der Waals surface area contributed by atoms with Crippen LogP contribution in [0, 0.1) is 0 Å². The Morgan fingerprint density at radius 2 is 1.50 bits per heavy atom. The van der Waals surface area contributed by atoms with Gasteiger partial charge in [0.25, 0.3) is 0 Å². The van der Waals surface area contributed by atoms with E-state index >= 15 is 0 Å². The summed E-state index contributed by atoms with van der Waals surface area (Å²) in [7, 11) is 0. The van der Waals surface area contributed by atoms with Gasteiger partial charge in [0, 0.05) is 32.7 Å². The maximum Gasteiger partial charge on any atom is 0 e. The molecule has 31 valence electrons. The van der Waals surface area contributed by atoms with Gasteiger partial charge in [0.05, 0.1) is 0 Å². The molecule has 0 aliphatic carbocycles. The quantitative estimate of drug-likeness (QED) is 0.390. The van der Waals surface area contributed by atoms with E-state index in [1.165, 1.54) is 0 Å². The minimum Gasteiger partial charge on any atom is -0.783 e. The summed E-state index contributed by atoms with van der Waals surface area (Å²) in [6.45, 7) is 1.69. The third kappa shape index (κ3) is 8.87. The molecule has 0 aliphatic heterocycles. The molecule has 0 saturated heterocycles. The van der Waals surface area contributed by atoms with E-state index < -0.39 is 0 Å². The van der Waals surface area contributed by atoms with E-state index in [0.29, 0.717) is 0 Å². The summed E-state index contributed by atoms with van der Waals surface area (Å²) >= 11 is 0. The number of carbonyl (C=O) groups excluding carboxylic acids is 2. The summed E-state index contributed by atoms with van der Waals surface area (Å²) < 4.78 is 3.22. The molecule has 0 aromatic heterocycles. The predicted molar refractivity (Wildman–Crippen MR) is 12.5 cm³/mol. The Morgan fingerprint density at radius 3 is 1.50 bits per heavy atom. The van der Waals surface area contributed by atoms with E-state index in [4.69, 9.17) is 9.59 Å².